The van der Waals surface area contributed by atoms with Crippen LogP contribution in [0.5, 0.6) is 0 Å². The lowest BCUT2D eigenvalue weighted by Crippen LogP contribution is -2.72. The zero-order valence-electron chi connectivity index (χ0n) is 36.7. The molecule has 2 heterocycles. The van der Waals surface area contributed by atoms with Crippen LogP contribution in [0.25, 0.3) is 0 Å². The highest BCUT2D eigenvalue weighted by atomic mass is 16.7. The summed E-state index contributed by atoms with van der Waals surface area (Å²) in [5.74, 6) is -2.64. The number of hydrogen-bond acceptors (Lipinski definition) is 14. The SMILES string of the molecule is C/C=C(\C)C(=O)O[C@H]1[C@H]2[C@@H](CC=C3C[C@@H](O[C@H]4C[C@@H](OC)[C@H](O[C@@H]5O[C@H](C)[C@@H](O)[C@@H](OC)[C@H]5O)[C@@H](C)O4)CC[C@@]32C)[C@@]2(O)CC[C@H](C(C)=O)[C@@]2(C)[C@@H]1OC(=O)/C(C)=C/C. The summed E-state index contributed by atoms with van der Waals surface area (Å²) in [5, 5.41) is 34.4. The Bertz CT molecular complexity index is 1670. The lowest BCUT2D eigenvalue weighted by Gasteiger charge is -2.64. The number of fused-ring (bicyclic) bond motifs is 5. The third kappa shape index (κ3) is 7.92. The van der Waals surface area contributed by atoms with Crippen molar-refractivity contribution in [2.45, 2.75) is 186 Å². The van der Waals surface area contributed by atoms with Crippen molar-refractivity contribution >= 4 is 17.7 Å². The minimum Gasteiger partial charge on any atom is -0.455 e. The van der Waals surface area contributed by atoms with Gasteiger partial charge in [-0.05, 0) is 98.3 Å². The molecular weight excluding hydrogens is 764 g/mol. The predicted octanol–water partition coefficient (Wildman–Crippen LogP) is 4.65. The predicted molar refractivity (Wildman–Crippen MR) is 213 cm³/mol. The van der Waals surface area contributed by atoms with E-state index in [1.54, 1.807) is 53.9 Å². The van der Waals surface area contributed by atoms with Gasteiger partial charge in [0.05, 0.1) is 30.0 Å². The van der Waals surface area contributed by atoms with E-state index >= 15 is 0 Å². The Labute approximate surface area is 348 Å². The lowest BCUT2D eigenvalue weighted by molar-refractivity contribution is -0.342. The Morgan fingerprint density at radius 1 is 0.831 bits per heavy atom. The fourth-order valence-electron chi connectivity index (χ4n) is 11.6. The van der Waals surface area contributed by atoms with E-state index in [2.05, 4.69) is 13.0 Å². The number of aliphatic hydroxyl groups is 3. The number of allylic oxidation sites excluding steroid dienone is 3. The minimum atomic E-state index is -1.39. The van der Waals surface area contributed by atoms with E-state index in [0.29, 0.717) is 56.1 Å². The first-order chi connectivity index (χ1) is 27.8. The molecule has 2 saturated heterocycles. The van der Waals surface area contributed by atoms with Crippen molar-refractivity contribution in [2.75, 3.05) is 14.2 Å². The third-order valence-corrected chi connectivity index (χ3v) is 15.4. The summed E-state index contributed by atoms with van der Waals surface area (Å²) in [5.41, 5.74) is -1.29. The summed E-state index contributed by atoms with van der Waals surface area (Å²) < 4.78 is 49.3. The van der Waals surface area contributed by atoms with Crippen LogP contribution in [0.1, 0.15) is 107 Å². The second kappa shape index (κ2) is 17.7. The van der Waals surface area contributed by atoms with Crippen LogP contribution < -0.4 is 0 Å². The molecule has 0 bridgehead atoms. The second-order valence-electron chi connectivity index (χ2n) is 18.3. The molecule has 0 unspecified atom stereocenters. The number of methoxy groups -OCH3 is 2. The lowest BCUT2D eigenvalue weighted by atomic mass is 9.44. The summed E-state index contributed by atoms with van der Waals surface area (Å²) >= 11 is 0. The molecule has 6 rings (SSSR count). The van der Waals surface area contributed by atoms with Crippen molar-refractivity contribution < 1.29 is 67.6 Å². The highest BCUT2D eigenvalue weighted by Crippen LogP contribution is 2.69. The Morgan fingerprint density at radius 2 is 1.49 bits per heavy atom. The molecule has 0 aromatic carbocycles. The minimum absolute atomic E-state index is 0.0989. The second-order valence-corrected chi connectivity index (χ2v) is 18.3. The van der Waals surface area contributed by atoms with E-state index in [4.69, 9.17) is 37.9 Å². The molecule has 14 nitrogen and oxygen atoms in total. The molecule has 3 saturated carbocycles. The molecule has 2 aliphatic heterocycles. The van der Waals surface area contributed by atoms with Crippen molar-refractivity contribution in [1.29, 1.82) is 0 Å². The first-order valence-corrected chi connectivity index (χ1v) is 21.4. The zero-order chi connectivity index (χ0) is 43.4. The number of rotatable bonds is 11. The third-order valence-electron chi connectivity index (χ3n) is 15.4. The van der Waals surface area contributed by atoms with E-state index in [1.165, 1.54) is 14.0 Å². The highest BCUT2D eigenvalue weighted by Gasteiger charge is 2.75. The van der Waals surface area contributed by atoms with Gasteiger partial charge >= 0.3 is 11.9 Å². The van der Waals surface area contributed by atoms with E-state index in [-0.39, 0.29) is 17.8 Å². The molecule has 0 aromatic rings. The monoisotopic (exact) mass is 832 g/mol. The molecule has 332 valence electrons. The fraction of sp³-hybridized carbons (Fsp3) is 0.800. The Kier molecular flexibility index (Phi) is 13.8. The fourth-order valence-corrected chi connectivity index (χ4v) is 11.6. The molecule has 0 aromatic heterocycles. The average Bonchev–Trinajstić information content (AvgIpc) is 3.49. The standard InChI is InChI=1S/C45H68O14/c1-12-22(3)40(49)57-37-33-30(45(51)19-17-29(24(5)46)44(45,9)39(37)59-41(50)23(4)13-2)15-14-27-20-28(16-18-43(27,33)8)56-32-21-31(52-10)36(26(7)54-32)58-42-35(48)38(53-11)34(47)25(6)55-42/h12-14,25-26,28-39,42,47-48,51H,15-21H2,1-11H3/b22-12+,23-13+/t25-,26-,28+,29-,30-,31-,32+,33-,34-,35-,36-,37+,38-,39-,42+,43+,44+,45+/m1/s1. The summed E-state index contributed by atoms with van der Waals surface area (Å²) in [6.07, 6.45) is -0.349. The number of aliphatic hydroxyl groups excluding tert-OH is 2. The molecule has 59 heavy (non-hydrogen) atoms. The Morgan fingerprint density at radius 3 is 2.10 bits per heavy atom. The van der Waals surface area contributed by atoms with E-state index in [9.17, 15) is 29.7 Å². The molecule has 6 aliphatic rings. The maximum absolute atomic E-state index is 13.8. The Balaban J connectivity index is 1.26. The molecular formula is C45H68O14. The van der Waals surface area contributed by atoms with Gasteiger partial charge < -0.3 is 53.2 Å². The quantitative estimate of drug-likeness (QED) is 0.149. The number of Topliss-reactive ketones (excluding diaryl/α,β-unsaturated/α-hetero) is 1. The van der Waals surface area contributed by atoms with Crippen molar-refractivity contribution in [1.82, 2.24) is 0 Å². The van der Waals surface area contributed by atoms with Gasteiger partial charge in [-0.3, -0.25) is 4.79 Å². The van der Waals surface area contributed by atoms with Gasteiger partial charge in [0.1, 0.15) is 42.4 Å². The Hall–Kier alpha value is -2.53. The molecule has 0 amide bonds. The topological polar surface area (TPSA) is 186 Å². The van der Waals surface area contributed by atoms with Gasteiger partial charge in [0.25, 0.3) is 0 Å². The van der Waals surface area contributed by atoms with Crippen molar-refractivity contribution in [3.63, 3.8) is 0 Å². The number of hydrogen-bond donors (Lipinski definition) is 3. The van der Waals surface area contributed by atoms with Crippen molar-refractivity contribution in [2.24, 2.45) is 28.6 Å². The van der Waals surface area contributed by atoms with Crippen molar-refractivity contribution in [3.8, 4) is 0 Å². The van der Waals surface area contributed by atoms with Crippen LogP contribution in [0.4, 0.5) is 0 Å². The number of carbonyl (C=O) groups excluding carboxylic acids is 3. The van der Waals surface area contributed by atoms with Gasteiger partial charge in [0.15, 0.2) is 12.6 Å². The first-order valence-electron chi connectivity index (χ1n) is 21.4. The summed E-state index contributed by atoms with van der Waals surface area (Å²) in [4.78, 5) is 40.8. The van der Waals surface area contributed by atoms with Gasteiger partial charge in [-0.2, -0.15) is 0 Å². The smallest absolute Gasteiger partial charge is 0.333 e. The van der Waals surface area contributed by atoms with Crippen LogP contribution in [0.15, 0.2) is 34.9 Å². The highest BCUT2D eigenvalue weighted by molar-refractivity contribution is 5.89. The first kappa shape index (κ1) is 46.0. The summed E-state index contributed by atoms with van der Waals surface area (Å²) in [6, 6.07) is 0. The van der Waals surface area contributed by atoms with Gasteiger partial charge in [-0.25, -0.2) is 9.59 Å². The van der Waals surface area contributed by atoms with Crippen LogP contribution >= 0.6 is 0 Å². The molecule has 18 atom stereocenters. The summed E-state index contributed by atoms with van der Waals surface area (Å²) in [7, 11) is 3.01. The van der Waals surface area contributed by atoms with Gasteiger partial charge in [-0.1, -0.05) is 37.6 Å². The van der Waals surface area contributed by atoms with Crippen LogP contribution in [0.2, 0.25) is 0 Å². The van der Waals surface area contributed by atoms with Gasteiger partial charge in [-0.15, -0.1) is 0 Å². The van der Waals surface area contributed by atoms with Crippen molar-refractivity contribution in [3.05, 3.63) is 34.9 Å². The van der Waals surface area contributed by atoms with E-state index < -0.39 is 108 Å². The number of esters is 2. The number of ketones is 1. The maximum Gasteiger partial charge on any atom is 0.333 e. The molecule has 5 fully saturated rings. The largest absolute Gasteiger partial charge is 0.455 e. The van der Waals surface area contributed by atoms with E-state index in [1.807, 2.05) is 13.8 Å². The molecule has 0 spiro atoms. The molecule has 0 radical (unpaired) electrons. The van der Waals surface area contributed by atoms with Crippen LogP contribution in [0, 0.1) is 28.6 Å². The number of carbonyl (C=O) groups is 3. The van der Waals surface area contributed by atoms with Crippen LogP contribution in [0.3, 0.4) is 0 Å². The summed E-state index contributed by atoms with van der Waals surface area (Å²) in [6.45, 7) is 15.9. The van der Waals surface area contributed by atoms with Gasteiger partial charge in [0.2, 0.25) is 0 Å². The van der Waals surface area contributed by atoms with Crippen LogP contribution in [-0.2, 0) is 52.3 Å². The number of ether oxygens (including phenoxy) is 8. The maximum atomic E-state index is 13.8. The van der Waals surface area contributed by atoms with E-state index in [0.717, 1.165) is 5.57 Å². The molecule has 14 heteroatoms. The van der Waals surface area contributed by atoms with Gasteiger partial charge in [0, 0.05) is 49.0 Å². The average molecular weight is 833 g/mol. The van der Waals surface area contributed by atoms with Crippen LogP contribution in [-0.4, -0.2) is 126 Å². The molecule has 4 aliphatic carbocycles. The zero-order valence-corrected chi connectivity index (χ0v) is 36.7. The normalized spacial score (nSPS) is 46.3. The molecule has 3 N–H and O–H groups in total.